The number of nitrogens with zero attached hydrogens (tertiary/aromatic N) is 1. The number of hydrogen-bond donors (Lipinski definition) is 2. The summed E-state index contributed by atoms with van der Waals surface area (Å²) in [6.45, 7) is 0.888. The summed E-state index contributed by atoms with van der Waals surface area (Å²) in [6.07, 6.45) is 4.54. The number of anilines is 1. The van der Waals surface area contributed by atoms with Crippen LogP contribution >= 0.6 is 0 Å². The zero-order valence-electron chi connectivity index (χ0n) is 10.6. The van der Waals surface area contributed by atoms with Crippen molar-refractivity contribution in [3.05, 3.63) is 29.6 Å². The van der Waals surface area contributed by atoms with Gasteiger partial charge in [0.2, 0.25) is 0 Å². The molecule has 1 saturated carbocycles. The standard InChI is InChI=1S/C14H21FN2O/c15-13-9-11(10-16)5-6-14(13)17(7-8-18)12-3-1-2-4-12/h5-6,9,12,18H,1-4,7-8,10,16H2. The van der Waals surface area contributed by atoms with Gasteiger partial charge in [0.05, 0.1) is 12.3 Å². The number of halogens is 1. The van der Waals surface area contributed by atoms with E-state index in [-0.39, 0.29) is 12.4 Å². The Morgan fingerprint density at radius 3 is 2.61 bits per heavy atom. The van der Waals surface area contributed by atoms with Crippen LogP contribution in [0.1, 0.15) is 31.2 Å². The van der Waals surface area contributed by atoms with E-state index in [9.17, 15) is 4.39 Å². The van der Waals surface area contributed by atoms with Crippen LogP contribution in [0.15, 0.2) is 18.2 Å². The van der Waals surface area contributed by atoms with Crippen molar-refractivity contribution >= 4 is 5.69 Å². The summed E-state index contributed by atoms with van der Waals surface area (Å²) in [5.41, 5.74) is 6.89. The van der Waals surface area contributed by atoms with E-state index >= 15 is 0 Å². The highest BCUT2D eigenvalue weighted by Gasteiger charge is 2.24. The van der Waals surface area contributed by atoms with Crippen LogP contribution in [0.5, 0.6) is 0 Å². The predicted molar refractivity (Wildman–Crippen MR) is 71.0 cm³/mol. The molecule has 1 fully saturated rings. The van der Waals surface area contributed by atoms with Crippen LogP contribution in [0.2, 0.25) is 0 Å². The molecule has 0 aromatic heterocycles. The molecule has 0 radical (unpaired) electrons. The van der Waals surface area contributed by atoms with E-state index in [4.69, 9.17) is 10.8 Å². The van der Waals surface area contributed by atoms with Crippen molar-refractivity contribution in [1.29, 1.82) is 0 Å². The Balaban J connectivity index is 2.23. The summed E-state index contributed by atoms with van der Waals surface area (Å²) in [5, 5.41) is 9.17. The quantitative estimate of drug-likeness (QED) is 0.843. The normalized spacial score (nSPS) is 16.2. The highest BCUT2D eigenvalue weighted by atomic mass is 19.1. The molecule has 0 aliphatic heterocycles. The Morgan fingerprint density at radius 2 is 2.06 bits per heavy atom. The van der Waals surface area contributed by atoms with Gasteiger partial charge in [0, 0.05) is 19.1 Å². The van der Waals surface area contributed by atoms with Crippen molar-refractivity contribution in [1.82, 2.24) is 0 Å². The van der Waals surface area contributed by atoms with E-state index in [2.05, 4.69) is 0 Å². The summed E-state index contributed by atoms with van der Waals surface area (Å²) >= 11 is 0. The first-order valence-corrected chi connectivity index (χ1v) is 6.62. The van der Waals surface area contributed by atoms with Gasteiger partial charge in [0.15, 0.2) is 0 Å². The fraction of sp³-hybridized carbons (Fsp3) is 0.571. The van der Waals surface area contributed by atoms with Gasteiger partial charge in [-0.15, -0.1) is 0 Å². The summed E-state index contributed by atoms with van der Waals surface area (Å²) in [7, 11) is 0. The molecular formula is C14H21FN2O. The summed E-state index contributed by atoms with van der Waals surface area (Å²) < 4.78 is 14.1. The topological polar surface area (TPSA) is 49.5 Å². The molecule has 0 spiro atoms. The average Bonchev–Trinajstić information content (AvgIpc) is 2.90. The van der Waals surface area contributed by atoms with Crippen molar-refractivity contribution in [3.8, 4) is 0 Å². The zero-order valence-corrected chi connectivity index (χ0v) is 10.6. The van der Waals surface area contributed by atoms with Crippen LogP contribution in [0, 0.1) is 5.82 Å². The van der Waals surface area contributed by atoms with E-state index in [1.807, 2.05) is 11.0 Å². The molecule has 3 N–H and O–H groups in total. The summed E-state index contributed by atoms with van der Waals surface area (Å²) in [6, 6.07) is 5.49. The van der Waals surface area contributed by atoms with Crippen LogP contribution in [0.3, 0.4) is 0 Å². The molecule has 0 amide bonds. The van der Waals surface area contributed by atoms with Gasteiger partial charge in [-0.25, -0.2) is 4.39 Å². The third-order valence-corrected chi connectivity index (χ3v) is 3.66. The minimum absolute atomic E-state index is 0.0502. The Kier molecular flexibility index (Phi) is 4.55. The maximum absolute atomic E-state index is 14.1. The second-order valence-corrected chi connectivity index (χ2v) is 4.85. The third kappa shape index (κ3) is 2.82. The van der Waals surface area contributed by atoms with Crippen molar-refractivity contribution in [3.63, 3.8) is 0 Å². The minimum Gasteiger partial charge on any atom is -0.395 e. The van der Waals surface area contributed by atoms with Crippen LogP contribution in [0.25, 0.3) is 0 Å². The third-order valence-electron chi connectivity index (χ3n) is 3.66. The van der Waals surface area contributed by atoms with Gasteiger partial charge in [0.1, 0.15) is 5.82 Å². The average molecular weight is 252 g/mol. The first kappa shape index (κ1) is 13.3. The first-order valence-electron chi connectivity index (χ1n) is 6.62. The van der Waals surface area contributed by atoms with E-state index in [0.29, 0.717) is 24.8 Å². The van der Waals surface area contributed by atoms with Gasteiger partial charge in [-0.05, 0) is 30.5 Å². The van der Waals surface area contributed by atoms with Crippen LogP contribution < -0.4 is 10.6 Å². The lowest BCUT2D eigenvalue weighted by Crippen LogP contribution is -2.36. The Bertz CT molecular complexity index is 391. The number of hydrogen-bond acceptors (Lipinski definition) is 3. The smallest absolute Gasteiger partial charge is 0.146 e. The summed E-state index contributed by atoms with van der Waals surface area (Å²) in [4.78, 5) is 2.00. The molecule has 1 aliphatic carbocycles. The second-order valence-electron chi connectivity index (χ2n) is 4.85. The Labute approximate surface area is 107 Å². The largest absolute Gasteiger partial charge is 0.395 e. The number of aliphatic hydroxyl groups excluding tert-OH is 1. The monoisotopic (exact) mass is 252 g/mol. The number of nitrogens with two attached hydrogens (primary N) is 1. The van der Waals surface area contributed by atoms with E-state index in [1.165, 1.54) is 18.9 Å². The maximum atomic E-state index is 14.1. The van der Waals surface area contributed by atoms with Crippen molar-refractivity contribution in [2.75, 3.05) is 18.1 Å². The van der Waals surface area contributed by atoms with Crippen molar-refractivity contribution in [2.45, 2.75) is 38.3 Å². The van der Waals surface area contributed by atoms with Gasteiger partial charge in [-0.1, -0.05) is 18.9 Å². The van der Waals surface area contributed by atoms with E-state index < -0.39 is 0 Å². The predicted octanol–water partition coefficient (Wildman–Crippen LogP) is 2.03. The van der Waals surface area contributed by atoms with Gasteiger partial charge in [-0.2, -0.15) is 0 Å². The molecule has 2 rings (SSSR count). The summed E-state index contributed by atoms with van der Waals surface area (Å²) in [5.74, 6) is -0.238. The van der Waals surface area contributed by atoms with Crippen LogP contribution in [-0.2, 0) is 6.54 Å². The molecule has 0 unspecified atom stereocenters. The first-order chi connectivity index (χ1) is 8.76. The fourth-order valence-corrected chi connectivity index (χ4v) is 2.73. The molecule has 3 nitrogen and oxygen atoms in total. The highest BCUT2D eigenvalue weighted by Crippen LogP contribution is 2.30. The van der Waals surface area contributed by atoms with Gasteiger partial charge < -0.3 is 15.7 Å². The second kappa shape index (κ2) is 6.16. The molecule has 1 aliphatic rings. The van der Waals surface area contributed by atoms with Crippen molar-refractivity contribution < 1.29 is 9.50 Å². The lowest BCUT2D eigenvalue weighted by molar-refractivity contribution is 0.296. The fourth-order valence-electron chi connectivity index (χ4n) is 2.73. The molecular weight excluding hydrogens is 231 g/mol. The molecule has 4 heteroatoms. The van der Waals surface area contributed by atoms with Gasteiger partial charge >= 0.3 is 0 Å². The van der Waals surface area contributed by atoms with Gasteiger partial charge in [-0.3, -0.25) is 0 Å². The minimum atomic E-state index is -0.238. The Morgan fingerprint density at radius 1 is 1.33 bits per heavy atom. The SMILES string of the molecule is NCc1ccc(N(CCO)C2CCCC2)c(F)c1. The maximum Gasteiger partial charge on any atom is 0.146 e. The molecule has 0 bridgehead atoms. The van der Waals surface area contributed by atoms with Crippen LogP contribution in [-0.4, -0.2) is 24.3 Å². The molecule has 100 valence electrons. The lowest BCUT2D eigenvalue weighted by Gasteiger charge is -2.31. The molecule has 0 heterocycles. The number of aliphatic hydroxyl groups is 1. The zero-order chi connectivity index (χ0) is 13.0. The van der Waals surface area contributed by atoms with Gasteiger partial charge in [0.25, 0.3) is 0 Å². The molecule has 18 heavy (non-hydrogen) atoms. The number of benzene rings is 1. The molecule has 0 saturated heterocycles. The van der Waals surface area contributed by atoms with E-state index in [1.54, 1.807) is 6.07 Å². The number of rotatable bonds is 5. The van der Waals surface area contributed by atoms with Crippen molar-refractivity contribution in [2.24, 2.45) is 5.73 Å². The van der Waals surface area contributed by atoms with Crippen LogP contribution in [0.4, 0.5) is 10.1 Å². The molecule has 0 atom stereocenters. The highest BCUT2D eigenvalue weighted by molar-refractivity contribution is 5.50. The lowest BCUT2D eigenvalue weighted by atomic mass is 10.1. The van der Waals surface area contributed by atoms with E-state index in [0.717, 1.165) is 18.4 Å². The molecule has 1 aromatic rings. The Hall–Kier alpha value is -1.13. The molecule has 1 aromatic carbocycles.